The molecule has 6 rings (SSSR count). The van der Waals surface area contributed by atoms with Gasteiger partial charge in [0, 0.05) is 10.4 Å². The molecule has 192 valence electrons. The van der Waals surface area contributed by atoms with E-state index in [1.165, 1.54) is 19.3 Å². The zero-order valence-electron chi connectivity index (χ0n) is 20.7. The number of ether oxygens (including phenoxy) is 4. The average molecular weight is 511 g/mol. The SMILES string of the molecule is O=C(COc1ccc(C2=c3cc4c(cc3OC2=O)=C(c2ccccc2)C(=O)O4)cc1)OCC1CCCCC1. The van der Waals surface area contributed by atoms with Crippen LogP contribution >= 0.6 is 0 Å². The van der Waals surface area contributed by atoms with Crippen molar-refractivity contribution in [3.63, 3.8) is 0 Å². The molecular formula is C31H26O7. The number of carbonyl (C=O) groups is 3. The molecule has 0 radical (unpaired) electrons. The maximum Gasteiger partial charge on any atom is 0.344 e. The number of rotatable bonds is 7. The monoisotopic (exact) mass is 510 g/mol. The van der Waals surface area contributed by atoms with Crippen LogP contribution in [0.1, 0.15) is 43.2 Å². The minimum atomic E-state index is -0.490. The molecule has 7 heteroatoms. The Labute approximate surface area is 219 Å². The molecule has 3 aromatic carbocycles. The van der Waals surface area contributed by atoms with Crippen molar-refractivity contribution in [2.45, 2.75) is 32.1 Å². The van der Waals surface area contributed by atoms with Crippen molar-refractivity contribution in [1.29, 1.82) is 0 Å². The second-order valence-corrected chi connectivity index (χ2v) is 9.74. The van der Waals surface area contributed by atoms with Crippen LogP contribution in [0, 0.1) is 5.92 Å². The number of benzene rings is 3. The van der Waals surface area contributed by atoms with Crippen molar-refractivity contribution in [2.24, 2.45) is 5.92 Å². The third-order valence-corrected chi connectivity index (χ3v) is 7.20. The lowest BCUT2D eigenvalue weighted by molar-refractivity contribution is -0.147. The summed E-state index contributed by atoms with van der Waals surface area (Å²) in [6, 6.07) is 19.4. The molecule has 0 spiro atoms. The smallest absolute Gasteiger partial charge is 0.344 e. The fourth-order valence-electron chi connectivity index (χ4n) is 5.26. The van der Waals surface area contributed by atoms with Crippen LogP contribution in [0.5, 0.6) is 17.2 Å². The van der Waals surface area contributed by atoms with Gasteiger partial charge in [-0.2, -0.15) is 0 Å². The summed E-state index contributed by atoms with van der Waals surface area (Å²) >= 11 is 0. The molecule has 1 saturated carbocycles. The van der Waals surface area contributed by atoms with Crippen molar-refractivity contribution in [3.05, 3.63) is 88.3 Å². The van der Waals surface area contributed by atoms with Gasteiger partial charge in [0.15, 0.2) is 6.61 Å². The molecule has 0 aromatic heterocycles. The first-order valence-electron chi connectivity index (χ1n) is 12.9. The van der Waals surface area contributed by atoms with Crippen molar-refractivity contribution >= 4 is 29.1 Å². The van der Waals surface area contributed by atoms with Crippen molar-refractivity contribution in [3.8, 4) is 17.2 Å². The molecule has 0 N–H and O–H groups in total. The van der Waals surface area contributed by atoms with E-state index < -0.39 is 17.9 Å². The maximum absolute atomic E-state index is 12.8. The van der Waals surface area contributed by atoms with E-state index in [4.69, 9.17) is 18.9 Å². The molecule has 0 saturated heterocycles. The molecule has 3 aromatic rings. The minimum Gasteiger partial charge on any atom is -0.482 e. The van der Waals surface area contributed by atoms with Gasteiger partial charge in [-0.1, -0.05) is 61.7 Å². The summed E-state index contributed by atoms with van der Waals surface area (Å²) in [5, 5.41) is 1.14. The third kappa shape index (κ3) is 4.67. The Balaban J connectivity index is 1.20. The van der Waals surface area contributed by atoms with Gasteiger partial charge >= 0.3 is 17.9 Å². The summed E-state index contributed by atoms with van der Waals surface area (Å²) in [4.78, 5) is 37.5. The van der Waals surface area contributed by atoms with E-state index in [1.54, 1.807) is 36.4 Å². The van der Waals surface area contributed by atoms with Gasteiger partial charge < -0.3 is 18.9 Å². The van der Waals surface area contributed by atoms with Crippen molar-refractivity contribution < 1.29 is 33.3 Å². The van der Waals surface area contributed by atoms with Gasteiger partial charge in [0.2, 0.25) is 0 Å². The molecule has 1 aliphatic carbocycles. The topological polar surface area (TPSA) is 88.1 Å². The van der Waals surface area contributed by atoms with E-state index in [9.17, 15) is 14.4 Å². The van der Waals surface area contributed by atoms with E-state index in [2.05, 4.69) is 0 Å². The Morgan fingerprint density at radius 1 is 0.763 bits per heavy atom. The predicted octanol–water partition coefficient (Wildman–Crippen LogP) is 3.42. The summed E-state index contributed by atoms with van der Waals surface area (Å²) in [6.07, 6.45) is 5.87. The van der Waals surface area contributed by atoms with E-state index >= 15 is 0 Å². The molecule has 2 heterocycles. The molecule has 1 fully saturated rings. The summed E-state index contributed by atoms with van der Waals surface area (Å²) in [7, 11) is 0. The highest BCUT2D eigenvalue weighted by Crippen LogP contribution is 2.28. The molecule has 0 unspecified atom stereocenters. The van der Waals surface area contributed by atoms with Crippen LogP contribution in [0.3, 0.4) is 0 Å². The Morgan fingerprint density at radius 3 is 1.95 bits per heavy atom. The minimum absolute atomic E-state index is 0.175. The molecular weight excluding hydrogens is 484 g/mol. The second-order valence-electron chi connectivity index (χ2n) is 9.74. The molecule has 38 heavy (non-hydrogen) atoms. The van der Waals surface area contributed by atoms with Crippen LogP contribution < -0.4 is 24.6 Å². The molecule has 2 aliphatic heterocycles. The highest BCUT2D eigenvalue weighted by atomic mass is 16.6. The normalized spacial score (nSPS) is 16.5. The van der Waals surface area contributed by atoms with Crippen LogP contribution in [0.2, 0.25) is 0 Å². The van der Waals surface area contributed by atoms with Crippen LogP contribution in [0.15, 0.2) is 66.7 Å². The summed E-state index contributed by atoms with van der Waals surface area (Å²) < 4.78 is 22.0. The van der Waals surface area contributed by atoms with Crippen LogP contribution in [-0.4, -0.2) is 31.1 Å². The van der Waals surface area contributed by atoms with Gasteiger partial charge in [-0.05, 0) is 54.2 Å². The number of esters is 3. The molecule has 0 amide bonds. The fourth-order valence-corrected chi connectivity index (χ4v) is 5.26. The van der Waals surface area contributed by atoms with Gasteiger partial charge in [-0.15, -0.1) is 0 Å². The lowest BCUT2D eigenvalue weighted by atomic mass is 9.90. The highest BCUT2D eigenvalue weighted by Gasteiger charge is 2.30. The quantitative estimate of drug-likeness (QED) is 0.356. The van der Waals surface area contributed by atoms with Gasteiger partial charge in [-0.3, -0.25) is 0 Å². The number of hydrogen-bond acceptors (Lipinski definition) is 7. The van der Waals surface area contributed by atoms with Crippen LogP contribution in [-0.2, 0) is 19.1 Å². The van der Waals surface area contributed by atoms with Crippen LogP contribution in [0.25, 0.3) is 11.1 Å². The Bertz CT molecular complexity index is 1530. The first kappa shape index (κ1) is 24.0. The van der Waals surface area contributed by atoms with Gasteiger partial charge in [0.1, 0.15) is 17.2 Å². The Morgan fingerprint density at radius 2 is 1.34 bits per heavy atom. The summed E-state index contributed by atoms with van der Waals surface area (Å²) in [5.74, 6) is 0.368. The number of fused-ring (bicyclic) bond motifs is 2. The largest absolute Gasteiger partial charge is 0.482 e. The van der Waals surface area contributed by atoms with Gasteiger partial charge in [0.25, 0.3) is 0 Å². The highest BCUT2D eigenvalue weighted by molar-refractivity contribution is 6.21. The van der Waals surface area contributed by atoms with E-state index in [1.807, 2.05) is 30.3 Å². The Hall–Kier alpha value is -4.39. The molecule has 7 nitrogen and oxygen atoms in total. The lowest BCUT2D eigenvalue weighted by Gasteiger charge is -2.21. The molecule has 0 bridgehead atoms. The number of hydrogen-bond donors (Lipinski definition) is 0. The van der Waals surface area contributed by atoms with E-state index in [0.717, 1.165) is 18.4 Å². The fraction of sp³-hybridized carbons (Fsp3) is 0.258. The summed E-state index contributed by atoms with van der Waals surface area (Å²) in [5.41, 5.74) is 2.16. The maximum atomic E-state index is 12.8. The Kier molecular flexibility index (Phi) is 6.42. The molecule has 0 atom stereocenters. The van der Waals surface area contributed by atoms with Crippen LogP contribution in [0.4, 0.5) is 0 Å². The zero-order chi connectivity index (χ0) is 26.1. The van der Waals surface area contributed by atoms with E-state index in [-0.39, 0.29) is 6.61 Å². The lowest BCUT2D eigenvalue weighted by Crippen LogP contribution is -2.20. The predicted molar refractivity (Wildman–Crippen MR) is 138 cm³/mol. The van der Waals surface area contributed by atoms with E-state index in [0.29, 0.717) is 56.9 Å². The zero-order valence-corrected chi connectivity index (χ0v) is 20.7. The van der Waals surface area contributed by atoms with Crippen molar-refractivity contribution in [1.82, 2.24) is 0 Å². The third-order valence-electron chi connectivity index (χ3n) is 7.20. The molecule has 3 aliphatic rings. The van der Waals surface area contributed by atoms with Gasteiger partial charge in [-0.25, -0.2) is 14.4 Å². The summed E-state index contributed by atoms with van der Waals surface area (Å²) in [6.45, 7) is 0.274. The first-order valence-corrected chi connectivity index (χ1v) is 12.9. The second kappa shape index (κ2) is 10.2. The number of carbonyl (C=O) groups excluding carboxylic acids is 3. The first-order chi connectivity index (χ1) is 18.6. The van der Waals surface area contributed by atoms with Crippen molar-refractivity contribution in [2.75, 3.05) is 13.2 Å². The average Bonchev–Trinajstić information content (AvgIpc) is 3.44. The van der Waals surface area contributed by atoms with Gasteiger partial charge in [0.05, 0.1) is 17.8 Å². The standard InChI is InChI=1S/C31H26O7/c32-27(36-17-19-7-3-1-4-8-19)18-35-22-13-11-21(12-14-22)29-24-16-25-23(15-26(24)38-31(29)34)28(30(33)37-25)20-9-5-2-6-10-20/h2,5-6,9-16,19H,1,3-4,7-8,17-18H2.